The Labute approximate surface area is 115 Å². The second-order valence-electron chi connectivity index (χ2n) is 4.56. The fourth-order valence-electron chi connectivity index (χ4n) is 2.03. The van der Waals surface area contributed by atoms with Crippen LogP contribution in [0.3, 0.4) is 0 Å². The molecular formula is C12H24ClN3O2. The lowest BCUT2D eigenvalue weighted by Crippen LogP contribution is -2.34. The van der Waals surface area contributed by atoms with Crippen molar-refractivity contribution in [2.45, 2.75) is 32.6 Å². The van der Waals surface area contributed by atoms with E-state index in [2.05, 4.69) is 16.0 Å². The average Bonchev–Trinajstić information content (AvgIpc) is 2.33. The summed E-state index contributed by atoms with van der Waals surface area (Å²) in [4.78, 5) is 22.1. The molecule has 1 saturated heterocycles. The molecule has 0 spiro atoms. The molecule has 5 nitrogen and oxygen atoms in total. The van der Waals surface area contributed by atoms with Crippen molar-refractivity contribution in [1.82, 2.24) is 16.0 Å². The van der Waals surface area contributed by atoms with Crippen molar-refractivity contribution in [3.63, 3.8) is 0 Å². The molecule has 2 amide bonds. The highest BCUT2D eigenvalue weighted by molar-refractivity contribution is 5.85. The number of hydrogen-bond acceptors (Lipinski definition) is 3. The highest BCUT2D eigenvalue weighted by Crippen LogP contribution is 2.17. The van der Waals surface area contributed by atoms with Crippen molar-refractivity contribution in [3.05, 3.63) is 0 Å². The molecule has 0 aromatic carbocycles. The molecule has 0 saturated carbocycles. The summed E-state index contributed by atoms with van der Waals surface area (Å²) in [5.41, 5.74) is 0. The van der Waals surface area contributed by atoms with Crippen LogP contribution in [0, 0.1) is 5.92 Å². The fraction of sp³-hybridized carbons (Fsp3) is 0.833. The maximum absolute atomic E-state index is 11.5. The molecule has 1 fully saturated rings. The molecule has 1 aliphatic heterocycles. The van der Waals surface area contributed by atoms with Gasteiger partial charge in [-0.1, -0.05) is 0 Å². The van der Waals surface area contributed by atoms with Crippen molar-refractivity contribution in [3.8, 4) is 0 Å². The molecule has 0 radical (unpaired) electrons. The number of nitrogens with one attached hydrogen (secondary N) is 3. The van der Waals surface area contributed by atoms with Crippen LogP contribution in [0.5, 0.6) is 0 Å². The Balaban J connectivity index is 0.00000289. The van der Waals surface area contributed by atoms with Crippen LogP contribution < -0.4 is 16.0 Å². The predicted octanol–water partition coefficient (Wildman–Crippen LogP) is 0.440. The first-order valence-corrected chi connectivity index (χ1v) is 6.40. The second-order valence-corrected chi connectivity index (χ2v) is 4.56. The van der Waals surface area contributed by atoms with E-state index in [-0.39, 0.29) is 24.2 Å². The number of carbonyl (C=O) groups is 2. The zero-order valence-electron chi connectivity index (χ0n) is 11.0. The van der Waals surface area contributed by atoms with Crippen molar-refractivity contribution < 1.29 is 9.59 Å². The van der Waals surface area contributed by atoms with Crippen LogP contribution in [0.2, 0.25) is 0 Å². The van der Waals surface area contributed by atoms with E-state index in [9.17, 15) is 9.59 Å². The Morgan fingerprint density at radius 3 is 2.39 bits per heavy atom. The van der Waals surface area contributed by atoms with Gasteiger partial charge in [-0.15, -0.1) is 12.4 Å². The number of carbonyl (C=O) groups excluding carboxylic acids is 2. The standard InChI is InChI=1S/C12H23N3O2.ClH/c1-10(16)14-8-9-15-12(17)3-2-11-4-6-13-7-5-11;/h11,13H,2-9H2,1H3,(H,14,16)(H,15,17);1H. The van der Waals surface area contributed by atoms with Crippen LogP contribution in [0.15, 0.2) is 0 Å². The van der Waals surface area contributed by atoms with E-state index >= 15 is 0 Å². The van der Waals surface area contributed by atoms with E-state index < -0.39 is 0 Å². The lowest BCUT2D eigenvalue weighted by molar-refractivity contribution is -0.122. The lowest BCUT2D eigenvalue weighted by Gasteiger charge is -2.22. The van der Waals surface area contributed by atoms with Crippen LogP contribution in [0.25, 0.3) is 0 Å². The van der Waals surface area contributed by atoms with E-state index in [4.69, 9.17) is 0 Å². The summed E-state index contributed by atoms with van der Waals surface area (Å²) in [6.07, 6.45) is 3.94. The van der Waals surface area contributed by atoms with Gasteiger partial charge in [-0.3, -0.25) is 9.59 Å². The molecule has 6 heteroatoms. The topological polar surface area (TPSA) is 70.2 Å². The van der Waals surface area contributed by atoms with E-state index in [1.807, 2.05) is 0 Å². The number of halogens is 1. The van der Waals surface area contributed by atoms with Gasteiger partial charge < -0.3 is 16.0 Å². The molecule has 1 heterocycles. The monoisotopic (exact) mass is 277 g/mol. The van der Waals surface area contributed by atoms with Gasteiger partial charge >= 0.3 is 0 Å². The van der Waals surface area contributed by atoms with Gasteiger partial charge in [0.15, 0.2) is 0 Å². The predicted molar refractivity (Wildman–Crippen MR) is 73.8 cm³/mol. The lowest BCUT2D eigenvalue weighted by atomic mass is 9.93. The summed E-state index contributed by atoms with van der Waals surface area (Å²) >= 11 is 0. The summed E-state index contributed by atoms with van der Waals surface area (Å²) in [6.45, 7) is 4.65. The van der Waals surface area contributed by atoms with Gasteiger partial charge in [0.25, 0.3) is 0 Å². The molecule has 3 N–H and O–H groups in total. The van der Waals surface area contributed by atoms with E-state index in [1.54, 1.807) is 0 Å². The Kier molecular flexibility index (Phi) is 9.69. The number of piperidine rings is 1. The normalized spacial score (nSPS) is 15.6. The first-order valence-electron chi connectivity index (χ1n) is 6.40. The summed E-state index contributed by atoms with van der Waals surface area (Å²) in [5.74, 6) is 0.722. The van der Waals surface area contributed by atoms with Crippen LogP contribution >= 0.6 is 12.4 Å². The number of hydrogen-bond donors (Lipinski definition) is 3. The van der Waals surface area contributed by atoms with Crippen LogP contribution in [-0.4, -0.2) is 38.0 Å². The average molecular weight is 278 g/mol. The van der Waals surface area contributed by atoms with Gasteiger partial charge in [0.05, 0.1) is 0 Å². The van der Waals surface area contributed by atoms with Gasteiger partial charge in [0.2, 0.25) is 11.8 Å². The largest absolute Gasteiger partial charge is 0.355 e. The zero-order valence-corrected chi connectivity index (χ0v) is 11.8. The number of amides is 2. The second kappa shape index (κ2) is 10.1. The third-order valence-electron chi connectivity index (χ3n) is 3.06. The van der Waals surface area contributed by atoms with Crippen molar-refractivity contribution in [2.24, 2.45) is 5.92 Å². The Hall–Kier alpha value is -0.810. The zero-order chi connectivity index (χ0) is 12.5. The molecular weight excluding hydrogens is 254 g/mol. The molecule has 0 unspecified atom stereocenters. The molecule has 18 heavy (non-hydrogen) atoms. The van der Waals surface area contributed by atoms with Crippen LogP contribution in [-0.2, 0) is 9.59 Å². The molecule has 0 bridgehead atoms. The fourth-order valence-corrected chi connectivity index (χ4v) is 2.03. The highest BCUT2D eigenvalue weighted by Gasteiger charge is 2.14. The van der Waals surface area contributed by atoms with Gasteiger partial charge in [-0.2, -0.15) is 0 Å². The van der Waals surface area contributed by atoms with E-state index in [1.165, 1.54) is 19.8 Å². The first kappa shape index (κ1) is 17.2. The van der Waals surface area contributed by atoms with Crippen molar-refractivity contribution in [1.29, 1.82) is 0 Å². The number of rotatable bonds is 6. The molecule has 106 valence electrons. The Morgan fingerprint density at radius 2 is 1.78 bits per heavy atom. The van der Waals surface area contributed by atoms with Gasteiger partial charge in [0, 0.05) is 26.4 Å². The molecule has 0 aliphatic carbocycles. The molecule has 1 aliphatic rings. The van der Waals surface area contributed by atoms with Crippen molar-refractivity contribution in [2.75, 3.05) is 26.2 Å². The molecule has 0 aromatic rings. The maximum Gasteiger partial charge on any atom is 0.220 e. The smallest absolute Gasteiger partial charge is 0.220 e. The minimum absolute atomic E-state index is 0. The van der Waals surface area contributed by atoms with Crippen LogP contribution in [0.1, 0.15) is 32.6 Å². The summed E-state index contributed by atoms with van der Waals surface area (Å²) in [6, 6.07) is 0. The third-order valence-corrected chi connectivity index (χ3v) is 3.06. The third kappa shape index (κ3) is 8.31. The van der Waals surface area contributed by atoms with Crippen LogP contribution in [0.4, 0.5) is 0 Å². The van der Waals surface area contributed by atoms with Gasteiger partial charge in [-0.05, 0) is 38.3 Å². The first-order chi connectivity index (χ1) is 8.18. The minimum Gasteiger partial charge on any atom is -0.355 e. The van der Waals surface area contributed by atoms with Crippen molar-refractivity contribution >= 4 is 24.2 Å². The van der Waals surface area contributed by atoms with E-state index in [0.29, 0.717) is 25.4 Å². The Bertz CT molecular complexity index is 256. The minimum atomic E-state index is -0.0612. The molecule has 0 atom stereocenters. The summed E-state index contributed by atoms with van der Waals surface area (Å²) in [5, 5.41) is 8.77. The quantitative estimate of drug-likeness (QED) is 0.617. The highest BCUT2D eigenvalue weighted by atomic mass is 35.5. The maximum atomic E-state index is 11.5. The van der Waals surface area contributed by atoms with Gasteiger partial charge in [0.1, 0.15) is 0 Å². The molecule has 0 aromatic heterocycles. The summed E-state index contributed by atoms with van der Waals surface area (Å²) in [7, 11) is 0. The van der Waals surface area contributed by atoms with E-state index in [0.717, 1.165) is 19.5 Å². The van der Waals surface area contributed by atoms with Gasteiger partial charge in [-0.25, -0.2) is 0 Å². The molecule has 1 rings (SSSR count). The SMILES string of the molecule is CC(=O)NCCNC(=O)CCC1CCNCC1.Cl. The Morgan fingerprint density at radius 1 is 1.17 bits per heavy atom. The summed E-state index contributed by atoms with van der Waals surface area (Å²) < 4.78 is 0.